The molecule has 1 atom stereocenters. The van der Waals surface area contributed by atoms with Crippen LogP contribution in [-0.4, -0.2) is 31.9 Å². The maximum atomic E-state index is 12.9. The highest BCUT2D eigenvalue weighted by Crippen LogP contribution is 2.31. The van der Waals surface area contributed by atoms with E-state index in [-0.39, 0.29) is 23.9 Å². The van der Waals surface area contributed by atoms with Gasteiger partial charge in [-0.1, -0.05) is 56.3 Å². The highest BCUT2D eigenvalue weighted by molar-refractivity contribution is 7.89. The van der Waals surface area contributed by atoms with E-state index in [1.165, 1.54) is 0 Å². The number of nitrogens with two attached hydrogens (primary N) is 1. The van der Waals surface area contributed by atoms with Crippen molar-refractivity contribution in [3.8, 4) is 11.1 Å². The predicted molar refractivity (Wildman–Crippen MR) is 104 cm³/mol. The third-order valence-electron chi connectivity index (χ3n) is 4.88. The molecule has 2 N–H and O–H groups in total. The van der Waals surface area contributed by atoms with Crippen LogP contribution >= 0.6 is 12.4 Å². The Morgan fingerprint density at radius 2 is 1.56 bits per heavy atom. The summed E-state index contributed by atoms with van der Waals surface area (Å²) in [6.45, 7) is 4.99. The van der Waals surface area contributed by atoms with Gasteiger partial charge in [0.25, 0.3) is 0 Å². The van der Waals surface area contributed by atoms with Crippen molar-refractivity contribution in [3.05, 3.63) is 54.6 Å². The summed E-state index contributed by atoms with van der Waals surface area (Å²) >= 11 is 0. The van der Waals surface area contributed by atoms with E-state index < -0.39 is 10.0 Å². The second-order valence-corrected chi connectivity index (χ2v) is 9.05. The molecular weight excluding hydrogens is 356 g/mol. The molecule has 1 heterocycles. The molecule has 25 heavy (non-hydrogen) atoms. The predicted octanol–water partition coefficient (Wildman–Crippen LogP) is 3.52. The van der Waals surface area contributed by atoms with E-state index in [9.17, 15) is 8.42 Å². The van der Waals surface area contributed by atoms with Crippen LogP contribution in [0, 0.1) is 5.41 Å². The van der Waals surface area contributed by atoms with Gasteiger partial charge in [0.05, 0.1) is 4.90 Å². The number of hydrogen-bond acceptors (Lipinski definition) is 3. The number of nitrogens with zero attached hydrogens (tertiary/aromatic N) is 1. The van der Waals surface area contributed by atoms with Gasteiger partial charge >= 0.3 is 0 Å². The fraction of sp³-hybridized carbons (Fsp3) is 0.368. The summed E-state index contributed by atoms with van der Waals surface area (Å²) < 4.78 is 27.4. The Bertz CT molecular complexity index is 805. The normalized spacial score (nSPS) is 20.7. The van der Waals surface area contributed by atoms with Crippen molar-refractivity contribution < 1.29 is 8.42 Å². The number of sulfonamides is 1. The molecule has 1 aliphatic rings. The van der Waals surface area contributed by atoms with Crippen LogP contribution in [0.3, 0.4) is 0 Å². The molecule has 2 aromatic carbocycles. The molecule has 0 amide bonds. The first-order chi connectivity index (χ1) is 11.3. The third-order valence-corrected chi connectivity index (χ3v) is 6.74. The summed E-state index contributed by atoms with van der Waals surface area (Å²) in [7, 11) is -3.48. The van der Waals surface area contributed by atoms with Gasteiger partial charge in [-0.2, -0.15) is 4.31 Å². The van der Waals surface area contributed by atoms with Crippen LogP contribution in [0.4, 0.5) is 0 Å². The van der Waals surface area contributed by atoms with Gasteiger partial charge in [0.1, 0.15) is 0 Å². The molecule has 4 nitrogen and oxygen atoms in total. The Balaban J connectivity index is 0.00000225. The Hall–Kier alpha value is -1.40. The van der Waals surface area contributed by atoms with E-state index in [1.54, 1.807) is 16.4 Å². The average molecular weight is 381 g/mol. The van der Waals surface area contributed by atoms with Crippen molar-refractivity contribution in [2.24, 2.45) is 11.1 Å². The van der Waals surface area contributed by atoms with Gasteiger partial charge in [0.15, 0.2) is 0 Å². The zero-order valence-electron chi connectivity index (χ0n) is 14.6. The van der Waals surface area contributed by atoms with Gasteiger partial charge in [-0.15, -0.1) is 12.4 Å². The van der Waals surface area contributed by atoms with Crippen molar-refractivity contribution in [1.82, 2.24) is 4.31 Å². The van der Waals surface area contributed by atoms with Crippen LogP contribution in [0.5, 0.6) is 0 Å². The van der Waals surface area contributed by atoms with Crippen molar-refractivity contribution >= 4 is 22.4 Å². The van der Waals surface area contributed by atoms with Gasteiger partial charge < -0.3 is 5.73 Å². The van der Waals surface area contributed by atoms with E-state index in [0.717, 1.165) is 11.1 Å². The largest absolute Gasteiger partial charge is 0.327 e. The van der Waals surface area contributed by atoms with Crippen LogP contribution < -0.4 is 5.73 Å². The zero-order chi connectivity index (χ0) is 17.4. The Morgan fingerprint density at radius 1 is 1.00 bits per heavy atom. The van der Waals surface area contributed by atoms with Gasteiger partial charge in [0.2, 0.25) is 10.0 Å². The van der Waals surface area contributed by atoms with E-state index in [0.29, 0.717) is 24.4 Å². The third kappa shape index (κ3) is 4.06. The first-order valence-corrected chi connectivity index (χ1v) is 9.66. The van der Waals surface area contributed by atoms with Crippen LogP contribution in [0.1, 0.15) is 20.3 Å². The second-order valence-electron chi connectivity index (χ2n) is 7.11. The molecule has 6 heteroatoms. The molecule has 0 aromatic heterocycles. The van der Waals surface area contributed by atoms with Crippen molar-refractivity contribution in [2.75, 3.05) is 13.1 Å². The molecule has 3 rings (SSSR count). The Labute approximate surface area is 156 Å². The summed E-state index contributed by atoms with van der Waals surface area (Å²) in [6, 6.07) is 17.1. The lowest BCUT2D eigenvalue weighted by molar-refractivity contribution is 0.155. The molecule has 2 aromatic rings. The first-order valence-electron chi connectivity index (χ1n) is 8.22. The van der Waals surface area contributed by atoms with Crippen molar-refractivity contribution in [3.63, 3.8) is 0 Å². The number of piperidine rings is 1. The molecule has 1 unspecified atom stereocenters. The topological polar surface area (TPSA) is 63.4 Å². The molecule has 136 valence electrons. The first kappa shape index (κ1) is 19.9. The highest BCUT2D eigenvalue weighted by atomic mass is 35.5. The van der Waals surface area contributed by atoms with Gasteiger partial charge in [-0.05, 0) is 35.1 Å². The number of benzene rings is 2. The zero-order valence-corrected chi connectivity index (χ0v) is 16.2. The quantitative estimate of drug-likeness (QED) is 0.885. The lowest BCUT2D eigenvalue weighted by atomic mass is 9.81. The molecule has 0 saturated carbocycles. The number of hydrogen-bond donors (Lipinski definition) is 1. The fourth-order valence-electron chi connectivity index (χ4n) is 3.13. The summed E-state index contributed by atoms with van der Waals surface area (Å²) in [5, 5.41) is 0. The van der Waals surface area contributed by atoms with Gasteiger partial charge in [0, 0.05) is 19.1 Å². The van der Waals surface area contributed by atoms with Crippen molar-refractivity contribution in [2.45, 2.75) is 31.2 Å². The minimum absolute atomic E-state index is 0. The van der Waals surface area contributed by atoms with Crippen LogP contribution in [0.25, 0.3) is 11.1 Å². The highest BCUT2D eigenvalue weighted by Gasteiger charge is 2.38. The van der Waals surface area contributed by atoms with E-state index in [1.807, 2.05) is 56.3 Å². The van der Waals surface area contributed by atoms with Gasteiger partial charge in [-0.25, -0.2) is 8.42 Å². The SMILES string of the molecule is CC1(C)CN(S(=O)(=O)c2ccc(-c3ccccc3)cc2)CCC1N.Cl. The smallest absolute Gasteiger partial charge is 0.243 e. The Morgan fingerprint density at radius 3 is 2.12 bits per heavy atom. The van der Waals surface area contributed by atoms with E-state index in [4.69, 9.17) is 5.73 Å². The lowest BCUT2D eigenvalue weighted by Gasteiger charge is -2.41. The van der Waals surface area contributed by atoms with Crippen LogP contribution in [0.15, 0.2) is 59.5 Å². The molecule has 1 fully saturated rings. The Kier molecular flexibility index (Phi) is 5.94. The fourth-order valence-corrected chi connectivity index (χ4v) is 4.76. The summed E-state index contributed by atoms with van der Waals surface area (Å²) in [5.74, 6) is 0. The summed E-state index contributed by atoms with van der Waals surface area (Å²) in [5.41, 5.74) is 7.99. The summed E-state index contributed by atoms with van der Waals surface area (Å²) in [4.78, 5) is 0.341. The summed E-state index contributed by atoms with van der Waals surface area (Å²) in [6.07, 6.45) is 0.689. The molecule has 0 aliphatic carbocycles. The average Bonchev–Trinajstić information content (AvgIpc) is 2.58. The molecular formula is C19H25ClN2O2S. The molecule has 0 spiro atoms. The monoisotopic (exact) mass is 380 g/mol. The second kappa shape index (κ2) is 7.46. The molecule has 0 radical (unpaired) electrons. The van der Waals surface area contributed by atoms with Crippen LogP contribution in [-0.2, 0) is 10.0 Å². The standard InChI is InChI=1S/C19H24N2O2S.ClH/c1-19(2)14-21(13-12-18(19)20)24(22,23)17-10-8-16(9-11-17)15-6-4-3-5-7-15;/h3-11,18H,12-14,20H2,1-2H3;1H. The molecule has 0 bridgehead atoms. The van der Waals surface area contributed by atoms with E-state index in [2.05, 4.69) is 0 Å². The number of rotatable bonds is 3. The maximum absolute atomic E-state index is 12.9. The minimum Gasteiger partial charge on any atom is -0.327 e. The van der Waals surface area contributed by atoms with Crippen LogP contribution in [0.2, 0.25) is 0 Å². The van der Waals surface area contributed by atoms with Crippen molar-refractivity contribution in [1.29, 1.82) is 0 Å². The lowest BCUT2D eigenvalue weighted by Crippen LogP contribution is -2.53. The van der Waals surface area contributed by atoms with E-state index >= 15 is 0 Å². The number of halogens is 1. The molecule has 1 aliphatic heterocycles. The molecule has 1 saturated heterocycles. The maximum Gasteiger partial charge on any atom is 0.243 e. The van der Waals surface area contributed by atoms with Gasteiger partial charge in [-0.3, -0.25) is 0 Å². The minimum atomic E-state index is -3.48.